The minimum Gasteiger partial charge on any atom is -0.378 e. The van der Waals surface area contributed by atoms with Crippen LogP contribution in [0.4, 0.5) is 5.95 Å². The molecule has 3 N–H and O–H groups in total. The average molecular weight is 351 g/mol. The molecular weight excluding hydrogens is 322 g/mol. The van der Waals surface area contributed by atoms with Gasteiger partial charge in [0.2, 0.25) is 11.9 Å². The minimum atomic E-state index is -0.161. The fraction of sp³-hybridized carbons (Fsp3) is 0.706. The topological polar surface area (TPSA) is 99.3 Å². The van der Waals surface area contributed by atoms with Gasteiger partial charge in [-0.1, -0.05) is 6.92 Å². The maximum Gasteiger partial charge on any atom is 0.255 e. The maximum atomic E-state index is 12.4. The highest BCUT2D eigenvalue weighted by Gasteiger charge is 2.16. The number of rotatable bonds is 9. The van der Waals surface area contributed by atoms with Crippen LogP contribution in [-0.2, 0) is 16.0 Å². The molecule has 0 aromatic carbocycles. The number of morpholine rings is 1. The van der Waals surface area contributed by atoms with E-state index < -0.39 is 0 Å². The van der Waals surface area contributed by atoms with E-state index in [1.165, 1.54) is 0 Å². The molecule has 0 aliphatic carbocycles. The smallest absolute Gasteiger partial charge is 0.255 e. The number of nitrogens with zero attached hydrogens (tertiary/aromatic N) is 2. The normalized spacial score (nSPS) is 14.6. The van der Waals surface area contributed by atoms with E-state index in [0.29, 0.717) is 43.4 Å². The average Bonchev–Trinajstić information content (AvgIpc) is 2.61. The van der Waals surface area contributed by atoms with Crippen LogP contribution in [0.25, 0.3) is 0 Å². The zero-order chi connectivity index (χ0) is 18.1. The Labute approximate surface area is 148 Å². The number of hydrogen-bond donors (Lipinski definition) is 3. The van der Waals surface area contributed by atoms with Gasteiger partial charge < -0.3 is 20.3 Å². The Kier molecular flexibility index (Phi) is 7.87. The number of ether oxygens (including phenoxy) is 1. The molecule has 1 fully saturated rings. The molecule has 25 heavy (non-hydrogen) atoms. The zero-order valence-corrected chi connectivity index (χ0v) is 15.2. The summed E-state index contributed by atoms with van der Waals surface area (Å²) in [6.07, 6.45) is 1.76. The van der Waals surface area contributed by atoms with Crippen molar-refractivity contribution in [3.63, 3.8) is 0 Å². The van der Waals surface area contributed by atoms with Crippen molar-refractivity contribution in [2.75, 3.05) is 50.8 Å². The molecule has 2 heterocycles. The molecule has 0 unspecified atom stereocenters. The van der Waals surface area contributed by atoms with E-state index in [-0.39, 0.29) is 17.9 Å². The van der Waals surface area contributed by atoms with Crippen LogP contribution in [0.5, 0.6) is 0 Å². The Bertz CT molecular complexity index is 611. The lowest BCUT2D eigenvalue weighted by atomic mass is 10.1. The van der Waals surface area contributed by atoms with Crippen molar-refractivity contribution in [1.29, 1.82) is 0 Å². The second kappa shape index (κ2) is 10.1. The summed E-state index contributed by atoms with van der Waals surface area (Å²) in [6, 6.07) is 0. The van der Waals surface area contributed by atoms with E-state index in [9.17, 15) is 9.59 Å². The Morgan fingerprint density at radius 3 is 2.72 bits per heavy atom. The van der Waals surface area contributed by atoms with Crippen LogP contribution in [0.3, 0.4) is 0 Å². The summed E-state index contributed by atoms with van der Waals surface area (Å²) in [4.78, 5) is 33.6. The lowest BCUT2D eigenvalue weighted by Crippen LogP contribution is -2.38. The number of H-pyrrole nitrogens is 1. The van der Waals surface area contributed by atoms with Gasteiger partial charge in [0.15, 0.2) is 0 Å². The Balaban J connectivity index is 1.85. The quantitative estimate of drug-likeness (QED) is 0.540. The molecule has 8 heteroatoms. The summed E-state index contributed by atoms with van der Waals surface area (Å²) < 4.78 is 5.31. The molecule has 140 valence electrons. The molecule has 0 bridgehead atoms. The lowest BCUT2D eigenvalue weighted by Gasteiger charge is -2.27. The standard InChI is InChI=1S/C17H29N5O3/c1-3-6-18-7-8-19-15(23)5-4-14-13(2)20-17(21-16(14)24)22-9-11-25-12-10-22/h18H,3-12H2,1-2H3,(H,19,23)(H,20,21,24). The summed E-state index contributed by atoms with van der Waals surface area (Å²) in [5, 5.41) is 6.08. The number of anilines is 1. The molecule has 2 rings (SSSR count). The number of carbonyl (C=O) groups is 1. The fourth-order valence-corrected chi connectivity index (χ4v) is 2.73. The molecule has 1 aliphatic heterocycles. The third-order valence-corrected chi connectivity index (χ3v) is 4.17. The van der Waals surface area contributed by atoms with Gasteiger partial charge in [0.25, 0.3) is 5.56 Å². The van der Waals surface area contributed by atoms with Crippen LogP contribution < -0.4 is 21.1 Å². The second-order valence-electron chi connectivity index (χ2n) is 6.15. The van der Waals surface area contributed by atoms with Crippen molar-refractivity contribution < 1.29 is 9.53 Å². The monoisotopic (exact) mass is 351 g/mol. The molecular formula is C17H29N5O3. The lowest BCUT2D eigenvalue weighted by molar-refractivity contribution is -0.121. The van der Waals surface area contributed by atoms with Crippen molar-refractivity contribution in [3.8, 4) is 0 Å². The van der Waals surface area contributed by atoms with Gasteiger partial charge in [-0.3, -0.25) is 14.6 Å². The van der Waals surface area contributed by atoms with Crippen molar-refractivity contribution in [2.45, 2.75) is 33.1 Å². The minimum absolute atomic E-state index is 0.0469. The summed E-state index contributed by atoms with van der Waals surface area (Å²) in [6.45, 7) is 8.94. The summed E-state index contributed by atoms with van der Waals surface area (Å²) in [7, 11) is 0. The zero-order valence-electron chi connectivity index (χ0n) is 15.2. The molecule has 0 saturated carbocycles. The van der Waals surface area contributed by atoms with Crippen molar-refractivity contribution >= 4 is 11.9 Å². The molecule has 0 radical (unpaired) electrons. The first-order valence-electron chi connectivity index (χ1n) is 9.01. The molecule has 8 nitrogen and oxygen atoms in total. The van der Waals surface area contributed by atoms with Crippen molar-refractivity contribution in [2.24, 2.45) is 0 Å². The first-order valence-corrected chi connectivity index (χ1v) is 9.01. The van der Waals surface area contributed by atoms with Gasteiger partial charge in [0, 0.05) is 43.9 Å². The number of carbonyl (C=O) groups excluding carboxylic acids is 1. The SMILES string of the molecule is CCCNCCNC(=O)CCc1c(C)nc(N2CCOCC2)[nH]c1=O. The fourth-order valence-electron chi connectivity index (χ4n) is 2.73. The van der Waals surface area contributed by atoms with E-state index in [1.54, 1.807) is 0 Å². The predicted octanol–water partition coefficient (Wildman–Crippen LogP) is -0.0367. The highest BCUT2D eigenvalue weighted by Crippen LogP contribution is 2.11. The summed E-state index contributed by atoms with van der Waals surface area (Å²) >= 11 is 0. The molecule has 0 atom stereocenters. The molecule has 1 aromatic rings. The second-order valence-corrected chi connectivity index (χ2v) is 6.15. The molecule has 1 saturated heterocycles. The maximum absolute atomic E-state index is 12.4. The van der Waals surface area contributed by atoms with Crippen LogP contribution >= 0.6 is 0 Å². The Morgan fingerprint density at radius 1 is 1.28 bits per heavy atom. The highest BCUT2D eigenvalue weighted by atomic mass is 16.5. The van der Waals surface area contributed by atoms with Gasteiger partial charge >= 0.3 is 0 Å². The summed E-state index contributed by atoms with van der Waals surface area (Å²) in [5.74, 6) is 0.537. The van der Waals surface area contributed by atoms with Crippen molar-refractivity contribution in [3.05, 3.63) is 21.6 Å². The van der Waals surface area contributed by atoms with Gasteiger partial charge in [-0.2, -0.15) is 0 Å². The first-order chi connectivity index (χ1) is 12.1. The van der Waals surface area contributed by atoms with Gasteiger partial charge in [-0.05, 0) is 26.3 Å². The van der Waals surface area contributed by atoms with Crippen LogP contribution in [-0.4, -0.2) is 61.8 Å². The van der Waals surface area contributed by atoms with Crippen LogP contribution in [0.15, 0.2) is 4.79 Å². The Hall–Kier alpha value is -1.93. The number of amides is 1. The highest BCUT2D eigenvalue weighted by molar-refractivity contribution is 5.76. The van der Waals surface area contributed by atoms with Gasteiger partial charge in [-0.15, -0.1) is 0 Å². The van der Waals surface area contributed by atoms with Gasteiger partial charge in [-0.25, -0.2) is 4.98 Å². The predicted molar refractivity (Wildman–Crippen MR) is 97.1 cm³/mol. The molecule has 1 aromatic heterocycles. The first kappa shape index (κ1) is 19.4. The number of aryl methyl sites for hydroxylation is 1. The van der Waals surface area contributed by atoms with Crippen molar-refractivity contribution in [1.82, 2.24) is 20.6 Å². The van der Waals surface area contributed by atoms with Crippen LogP contribution in [0.1, 0.15) is 31.0 Å². The van der Waals surface area contributed by atoms with E-state index in [4.69, 9.17) is 4.74 Å². The largest absolute Gasteiger partial charge is 0.378 e. The molecule has 1 aliphatic rings. The molecule has 1 amide bonds. The van der Waals surface area contributed by atoms with E-state index in [2.05, 4.69) is 27.5 Å². The molecule has 0 spiro atoms. The third-order valence-electron chi connectivity index (χ3n) is 4.17. The van der Waals surface area contributed by atoms with Crippen LogP contribution in [0, 0.1) is 6.92 Å². The van der Waals surface area contributed by atoms with E-state index in [1.807, 2.05) is 11.8 Å². The van der Waals surface area contributed by atoms with Gasteiger partial charge in [0.05, 0.1) is 13.2 Å². The third kappa shape index (κ3) is 6.13. The van der Waals surface area contributed by atoms with Crippen LogP contribution in [0.2, 0.25) is 0 Å². The number of aromatic amines is 1. The van der Waals surface area contributed by atoms with E-state index in [0.717, 1.165) is 32.6 Å². The van der Waals surface area contributed by atoms with E-state index >= 15 is 0 Å². The number of nitrogens with one attached hydrogen (secondary N) is 3. The summed E-state index contributed by atoms with van der Waals surface area (Å²) in [5.41, 5.74) is 1.10. The van der Waals surface area contributed by atoms with Gasteiger partial charge in [0.1, 0.15) is 0 Å². The number of hydrogen-bond acceptors (Lipinski definition) is 6. The Morgan fingerprint density at radius 2 is 2.04 bits per heavy atom. The number of aromatic nitrogens is 2.